The van der Waals surface area contributed by atoms with Crippen molar-refractivity contribution in [2.45, 2.75) is 26.2 Å². The molecule has 2 aromatic carbocycles. The average molecular weight is 519 g/mol. The smallest absolute Gasteiger partial charge is 0.387 e. The van der Waals surface area contributed by atoms with Gasteiger partial charge in [0.05, 0.1) is 6.54 Å². The zero-order valence-electron chi connectivity index (χ0n) is 16.2. The summed E-state index contributed by atoms with van der Waals surface area (Å²) in [6.07, 6.45) is -0.176. The molecule has 3 rings (SSSR count). The van der Waals surface area contributed by atoms with E-state index in [2.05, 4.69) is 20.4 Å². The number of ether oxygens (including phenoxy) is 3. The number of aliphatic imine (C=N–C) groups is 1. The molecule has 0 saturated carbocycles. The topological polar surface area (TPSA) is 64.1 Å². The third-order valence-corrected chi connectivity index (χ3v) is 4.17. The van der Waals surface area contributed by atoms with Crippen LogP contribution in [0.15, 0.2) is 47.5 Å². The zero-order valence-corrected chi connectivity index (χ0v) is 18.5. The van der Waals surface area contributed by atoms with Crippen LogP contribution in [0.5, 0.6) is 17.2 Å². The Labute approximate surface area is 185 Å². The molecule has 0 amide bonds. The molecule has 29 heavy (non-hydrogen) atoms. The molecule has 6 nitrogen and oxygen atoms in total. The number of hydrogen-bond donors (Lipinski definition) is 2. The summed E-state index contributed by atoms with van der Waals surface area (Å²) >= 11 is 0. The molecule has 2 N–H and O–H groups in total. The van der Waals surface area contributed by atoms with E-state index in [1.165, 1.54) is 0 Å². The van der Waals surface area contributed by atoms with Gasteiger partial charge in [-0.05, 0) is 25.1 Å². The number of halogens is 3. The van der Waals surface area contributed by atoms with Crippen LogP contribution in [-0.4, -0.2) is 38.9 Å². The van der Waals surface area contributed by atoms with Crippen molar-refractivity contribution in [2.75, 3.05) is 20.2 Å². The summed E-state index contributed by atoms with van der Waals surface area (Å²) in [4.78, 5) is 4.15. The van der Waals surface area contributed by atoms with E-state index in [-0.39, 0.29) is 42.4 Å². The normalized spacial score (nSPS) is 15.5. The summed E-state index contributed by atoms with van der Waals surface area (Å²) in [5.74, 6) is 2.10. The second-order valence-corrected chi connectivity index (χ2v) is 6.29. The molecule has 1 unspecified atom stereocenters. The molecule has 0 radical (unpaired) electrons. The second-order valence-electron chi connectivity index (χ2n) is 6.29. The Bertz CT molecular complexity index is 836. The maximum absolute atomic E-state index is 12.6. The van der Waals surface area contributed by atoms with Crippen LogP contribution < -0.4 is 24.8 Å². The Kier molecular flexibility index (Phi) is 8.74. The van der Waals surface area contributed by atoms with Crippen molar-refractivity contribution in [3.8, 4) is 17.2 Å². The molecule has 0 aliphatic carbocycles. The number of hydrogen-bond acceptors (Lipinski definition) is 4. The summed E-state index contributed by atoms with van der Waals surface area (Å²) in [5.41, 5.74) is 1.57. The number of guanidine groups is 1. The number of rotatable bonds is 6. The minimum Gasteiger partial charge on any atom is -0.486 e. The SMILES string of the molecule is CN=C(NCc1cc(C)ccc1OC(F)F)NCC1COc2ccccc2O1.I. The van der Waals surface area contributed by atoms with E-state index < -0.39 is 6.61 Å². The van der Waals surface area contributed by atoms with Crippen molar-refractivity contribution in [3.05, 3.63) is 53.6 Å². The van der Waals surface area contributed by atoms with E-state index in [0.29, 0.717) is 30.4 Å². The number of aryl methyl sites for hydroxylation is 1. The molecule has 9 heteroatoms. The number of nitrogens with one attached hydrogen (secondary N) is 2. The van der Waals surface area contributed by atoms with Gasteiger partial charge in [0.1, 0.15) is 18.5 Å². The van der Waals surface area contributed by atoms with Crippen molar-refractivity contribution < 1.29 is 23.0 Å². The molecule has 2 aromatic rings. The molecule has 0 fully saturated rings. The zero-order chi connectivity index (χ0) is 19.9. The van der Waals surface area contributed by atoms with Crippen LogP contribution in [0.3, 0.4) is 0 Å². The number of nitrogens with zero attached hydrogens (tertiary/aromatic N) is 1. The Morgan fingerprint density at radius 2 is 1.97 bits per heavy atom. The lowest BCUT2D eigenvalue weighted by molar-refractivity contribution is -0.0504. The first kappa shape index (κ1) is 23.0. The van der Waals surface area contributed by atoms with Gasteiger partial charge in [0.15, 0.2) is 17.5 Å². The molecule has 0 saturated heterocycles. The molecule has 0 aromatic heterocycles. The summed E-state index contributed by atoms with van der Waals surface area (Å²) in [5, 5.41) is 6.26. The maximum atomic E-state index is 12.6. The van der Waals surface area contributed by atoms with Gasteiger partial charge < -0.3 is 24.8 Å². The highest BCUT2D eigenvalue weighted by atomic mass is 127. The Hall–Kier alpha value is -2.30. The second kappa shape index (κ2) is 11.0. The standard InChI is InChI=1S/C20H23F2N3O3.HI/c1-13-7-8-16(28-19(21)22)14(9-13)10-24-20(23-2)25-11-15-12-26-17-5-3-4-6-18(17)27-15;/h3-9,15,19H,10-12H2,1-2H3,(H2,23,24,25);1H. The molecule has 0 bridgehead atoms. The van der Waals surface area contributed by atoms with Gasteiger partial charge in [-0.15, -0.1) is 24.0 Å². The van der Waals surface area contributed by atoms with Crippen molar-refractivity contribution in [3.63, 3.8) is 0 Å². The highest BCUT2D eigenvalue weighted by Gasteiger charge is 2.20. The summed E-state index contributed by atoms with van der Waals surface area (Å²) < 4.78 is 41.4. The third kappa shape index (κ3) is 6.62. The van der Waals surface area contributed by atoms with E-state index in [1.54, 1.807) is 25.2 Å². The van der Waals surface area contributed by atoms with Crippen LogP contribution >= 0.6 is 24.0 Å². The quantitative estimate of drug-likeness (QED) is 0.346. The van der Waals surface area contributed by atoms with Crippen molar-refractivity contribution in [1.82, 2.24) is 10.6 Å². The lowest BCUT2D eigenvalue weighted by atomic mass is 10.1. The van der Waals surface area contributed by atoms with Gasteiger partial charge >= 0.3 is 6.61 Å². The predicted octanol–water partition coefficient (Wildman–Crippen LogP) is 3.72. The highest BCUT2D eigenvalue weighted by Crippen LogP contribution is 2.30. The Morgan fingerprint density at radius 1 is 1.21 bits per heavy atom. The van der Waals surface area contributed by atoms with Crippen molar-refractivity contribution in [2.24, 2.45) is 4.99 Å². The van der Waals surface area contributed by atoms with Gasteiger partial charge in [0.25, 0.3) is 0 Å². The molecular formula is C20H24F2IN3O3. The third-order valence-electron chi connectivity index (χ3n) is 4.17. The number of para-hydroxylation sites is 2. The van der Waals surface area contributed by atoms with Gasteiger partial charge in [-0.2, -0.15) is 8.78 Å². The van der Waals surface area contributed by atoms with Crippen LogP contribution in [0.2, 0.25) is 0 Å². The summed E-state index contributed by atoms with van der Waals surface area (Å²) in [7, 11) is 1.63. The Morgan fingerprint density at radius 3 is 2.69 bits per heavy atom. The van der Waals surface area contributed by atoms with Gasteiger partial charge in [-0.1, -0.05) is 29.8 Å². The van der Waals surface area contributed by atoms with Gasteiger partial charge in [-0.3, -0.25) is 4.99 Å². The first-order chi connectivity index (χ1) is 13.5. The number of benzene rings is 2. The van der Waals surface area contributed by atoms with E-state index in [9.17, 15) is 8.78 Å². The molecule has 0 spiro atoms. The fourth-order valence-electron chi connectivity index (χ4n) is 2.83. The van der Waals surface area contributed by atoms with Crippen LogP contribution in [0.4, 0.5) is 8.78 Å². The van der Waals surface area contributed by atoms with Crippen LogP contribution in [-0.2, 0) is 6.54 Å². The van der Waals surface area contributed by atoms with Crippen LogP contribution in [0.1, 0.15) is 11.1 Å². The number of alkyl halides is 2. The predicted molar refractivity (Wildman–Crippen MR) is 118 cm³/mol. The molecule has 158 valence electrons. The summed E-state index contributed by atoms with van der Waals surface area (Å²) in [6.45, 7) is 0.202. The largest absolute Gasteiger partial charge is 0.486 e. The molecule has 1 aliphatic rings. The molecule has 1 heterocycles. The molecule has 1 aliphatic heterocycles. The average Bonchev–Trinajstić information content (AvgIpc) is 2.69. The van der Waals surface area contributed by atoms with Crippen LogP contribution in [0.25, 0.3) is 0 Å². The first-order valence-corrected chi connectivity index (χ1v) is 8.92. The minimum atomic E-state index is -2.87. The van der Waals surface area contributed by atoms with Crippen molar-refractivity contribution >= 4 is 29.9 Å². The van der Waals surface area contributed by atoms with E-state index in [4.69, 9.17) is 9.47 Å². The van der Waals surface area contributed by atoms with Crippen molar-refractivity contribution in [1.29, 1.82) is 0 Å². The monoisotopic (exact) mass is 519 g/mol. The van der Waals surface area contributed by atoms with Crippen LogP contribution in [0, 0.1) is 6.92 Å². The van der Waals surface area contributed by atoms with E-state index >= 15 is 0 Å². The van der Waals surface area contributed by atoms with Gasteiger partial charge in [-0.25, -0.2) is 0 Å². The van der Waals surface area contributed by atoms with E-state index in [1.807, 2.05) is 31.2 Å². The lowest BCUT2D eigenvalue weighted by Crippen LogP contribution is -2.45. The molecular weight excluding hydrogens is 495 g/mol. The fourth-order valence-corrected chi connectivity index (χ4v) is 2.83. The lowest BCUT2D eigenvalue weighted by Gasteiger charge is -2.27. The van der Waals surface area contributed by atoms with Gasteiger partial charge in [0, 0.05) is 19.2 Å². The highest BCUT2D eigenvalue weighted by molar-refractivity contribution is 14.0. The van der Waals surface area contributed by atoms with Gasteiger partial charge in [0.2, 0.25) is 0 Å². The van der Waals surface area contributed by atoms with E-state index in [0.717, 1.165) is 11.3 Å². The first-order valence-electron chi connectivity index (χ1n) is 8.92. The summed E-state index contributed by atoms with van der Waals surface area (Å²) in [6, 6.07) is 12.6. The minimum absolute atomic E-state index is 0. The Balaban J connectivity index is 0.00000300. The molecule has 1 atom stereocenters. The fraction of sp³-hybridized carbons (Fsp3) is 0.350. The number of fused-ring (bicyclic) bond motifs is 1. The maximum Gasteiger partial charge on any atom is 0.387 e.